The number of nitrogens with zero attached hydrogens (tertiary/aromatic N) is 2. The molecule has 0 spiro atoms. The van der Waals surface area contributed by atoms with Crippen LogP contribution in [0.4, 0.5) is 0 Å². The van der Waals surface area contributed by atoms with Gasteiger partial charge in [0, 0.05) is 30.6 Å². The Bertz CT molecular complexity index is 1360. The number of nitrogens with one attached hydrogen (secondary N) is 1. The summed E-state index contributed by atoms with van der Waals surface area (Å²) in [4.78, 5) is 34.0. The Morgan fingerprint density at radius 1 is 1.23 bits per heavy atom. The topological polar surface area (TPSA) is 71.5 Å². The van der Waals surface area contributed by atoms with Crippen molar-refractivity contribution in [2.24, 2.45) is 11.8 Å². The second-order valence-electron chi connectivity index (χ2n) is 9.31. The first-order chi connectivity index (χ1) is 16.9. The van der Waals surface area contributed by atoms with Crippen LogP contribution in [0.15, 0.2) is 36.4 Å². The average molecular weight is 528 g/mol. The molecule has 0 radical (unpaired) electrons. The lowest BCUT2D eigenvalue weighted by molar-refractivity contribution is 0.0690. The molecule has 3 heterocycles. The number of carbonyl (C=O) groups is 2. The van der Waals surface area contributed by atoms with Gasteiger partial charge in [-0.05, 0) is 55.0 Å². The molecule has 6 rings (SSSR count). The van der Waals surface area contributed by atoms with E-state index in [2.05, 4.69) is 10.3 Å². The van der Waals surface area contributed by atoms with Crippen LogP contribution in [-0.4, -0.2) is 47.4 Å². The number of thiazole rings is 1. The third-order valence-electron chi connectivity index (χ3n) is 7.14. The summed E-state index contributed by atoms with van der Waals surface area (Å²) in [6.07, 6.45) is 1.83. The number of halogens is 2. The predicted octanol–water partition coefficient (Wildman–Crippen LogP) is 5.25. The van der Waals surface area contributed by atoms with E-state index in [9.17, 15) is 9.59 Å². The summed E-state index contributed by atoms with van der Waals surface area (Å²) >= 11 is 13.8. The number of aryl methyl sites for hydroxylation is 1. The first kappa shape index (κ1) is 22.8. The molecule has 2 fully saturated rings. The first-order valence-electron chi connectivity index (χ1n) is 11.7. The molecule has 3 aromatic rings. The number of carbonyl (C=O) groups excluding carboxylic acids is 2. The van der Waals surface area contributed by atoms with Crippen molar-refractivity contribution in [3.8, 4) is 16.2 Å². The summed E-state index contributed by atoms with van der Waals surface area (Å²) in [6.45, 7) is 3.60. The predicted molar refractivity (Wildman–Crippen MR) is 137 cm³/mol. The number of amides is 2. The molecular weight excluding hydrogens is 505 g/mol. The zero-order chi connectivity index (χ0) is 24.3. The molecule has 2 amide bonds. The van der Waals surface area contributed by atoms with Gasteiger partial charge in [0.25, 0.3) is 11.8 Å². The molecule has 180 valence electrons. The van der Waals surface area contributed by atoms with Crippen molar-refractivity contribution in [2.75, 3.05) is 19.7 Å². The molecule has 9 heteroatoms. The van der Waals surface area contributed by atoms with Gasteiger partial charge in [-0.1, -0.05) is 35.3 Å². The molecule has 6 nitrogen and oxygen atoms in total. The zero-order valence-electron chi connectivity index (χ0n) is 19.0. The van der Waals surface area contributed by atoms with Crippen LogP contribution in [0.2, 0.25) is 10.0 Å². The van der Waals surface area contributed by atoms with Crippen LogP contribution in [0.1, 0.15) is 37.8 Å². The van der Waals surface area contributed by atoms with Crippen molar-refractivity contribution in [1.82, 2.24) is 15.2 Å². The molecule has 3 aliphatic rings. The van der Waals surface area contributed by atoms with E-state index in [1.165, 1.54) is 11.3 Å². The lowest BCUT2D eigenvalue weighted by atomic mass is 10.0. The third-order valence-corrected chi connectivity index (χ3v) is 8.90. The molecule has 1 N–H and O–H groups in total. The number of likely N-dealkylation sites (tertiary alicyclic amines) is 1. The van der Waals surface area contributed by atoms with Gasteiger partial charge in [0.1, 0.15) is 11.4 Å². The van der Waals surface area contributed by atoms with Crippen LogP contribution in [0.3, 0.4) is 0 Å². The molecule has 1 aliphatic carbocycles. The Hall–Kier alpha value is -2.61. The van der Waals surface area contributed by atoms with Crippen LogP contribution in [0.5, 0.6) is 5.75 Å². The highest BCUT2D eigenvalue weighted by Crippen LogP contribution is 2.50. The number of ether oxygens (including phenoxy) is 1. The highest BCUT2D eigenvalue weighted by Gasteiger charge is 2.54. The van der Waals surface area contributed by atoms with E-state index < -0.39 is 0 Å². The maximum Gasteiger partial charge on any atom is 0.274 e. The minimum absolute atomic E-state index is 0.0480. The van der Waals surface area contributed by atoms with E-state index >= 15 is 0 Å². The average Bonchev–Trinajstić information content (AvgIpc) is 3.16. The second-order valence-corrected chi connectivity index (χ2v) is 11.3. The van der Waals surface area contributed by atoms with Gasteiger partial charge in [-0.2, -0.15) is 0 Å². The number of rotatable bonds is 5. The largest absolute Gasteiger partial charge is 0.493 e. The normalized spacial score (nSPS) is 21.9. The van der Waals surface area contributed by atoms with Crippen molar-refractivity contribution in [3.63, 3.8) is 0 Å². The highest BCUT2D eigenvalue weighted by atomic mass is 35.5. The Morgan fingerprint density at radius 2 is 2.09 bits per heavy atom. The summed E-state index contributed by atoms with van der Waals surface area (Å²) in [5.74, 6) is 1.47. The fourth-order valence-electron chi connectivity index (χ4n) is 5.33. The SMILES string of the molecule is Cc1nc(C(=O)N2C[C@@H]3C[C@@H]3[C@H]2CNC(=O)c2cccc3c2CCO3)c(-c2ccc(Cl)c(Cl)c2)s1. The monoisotopic (exact) mass is 527 g/mol. The number of fused-ring (bicyclic) bond motifs is 2. The first-order valence-corrected chi connectivity index (χ1v) is 13.2. The van der Waals surface area contributed by atoms with Crippen LogP contribution in [0, 0.1) is 18.8 Å². The van der Waals surface area contributed by atoms with E-state index in [-0.39, 0.29) is 17.9 Å². The Kier molecular flexibility index (Phi) is 5.74. The van der Waals surface area contributed by atoms with Gasteiger partial charge >= 0.3 is 0 Å². The maximum absolute atomic E-state index is 13.7. The van der Waals surface area contributed by atoms with Crippen LogP contribution in [-0.2, 0) is 6.42 Å². The fraction of sp³-hybridized carbons (Fsp3) is 0.346. The number of hydrogen-bond acceptors (Lipinski definition) is 5. The molecule has 0 bridgehead atoms. The summed E-state index contributed by atoms with van der Waals surface area (Å²) in [5.41, 5.74) is 2.86. The fourth-order valence-corrected chi connectivity index (χ4v) is 6.54. The number of aromatic nitrogens is 1. The van der Waals surface area contributed by atoms with Crippen LogP contribution in [0.25, 0.3) is 10.4 Å². The van der Waals surface area contributed by atoms with Gasteiger partial charge in [-0.3, -0.25) is 9.59 Å². The quantitative estimate of drug-likeness (QED) is 0.491. The summed E-state index contributed by atoms with van der Waals surface area (Å²) < 4.78 is 5.60. The molecule has 3 atom stereocenters. The van der Waals surface area contributed by atoms with Crippen molar-refractivity contribution in [3.05, 3.63) is 68.3 Å². The van der Waals surface area contributed by atoms with Gasteiger partial charge in [0.2, 0.25) is 0 Å². The van der Waals surface area contributed by atoms with Gasteiger partial charge < -0.3 is 15.0 Å². The van der Waals surface area contributed by atoms with E-state index in [0.717, 1.165) is 39.6 Å². The van der Waals surface area contributed by atoms with E-state index in [0.29, 0.717) is 52.8 Å². The molecule has 1 saturated carbocycles. The number of hydrogen-bond donors (Lipinski definition) is 1. The second kappa shape index (κ2) is 8.80. The molecule has 0 unspecified atom stereocenters. The van der Waals surface area contributed by atoms with Gasteiger partial charge in [-0.25, -0.2) is 4.98 Å². The minimum atomic E-state index is -0.121. The Morgan fingerprint density at radius 3 is 2.91 bits per heavy atom. The highest BCUT2D eigenvalue weighted by molar-refractivity contribution is 7.15. The van der Waals surface area contributed by atoms with Gasteiger partial charge in [0.05, 0.1) is 32.6 Å². The Balaban J connectivity index is 1.22. The smallest absolute Gasteiger partial charge is 0.274 e. The van der Waals surface area contributed by atoms with Crippen LogP contribution >= 0.6 is 34.5 Å². The lowest BCUT2D eigenvalue weighted by Gasteiger charge is -2.27. The van der Waals surface area contributed by atoms with E-state index in [4.69, 9.17) is 27.9 Å². The van der Waals surface area contributed by atoms with E-state index in [1.807, 2.05) is 36.1 Å². The maximum atomic E-state index is 13.7. The molecular formula is C26H23Cl2N3O3S. The molecule has 35 heavy (non-hydrogen) atoms. The van der Waals surface area contributed by atoms with E-state index in [1.54, 1.807) is 12.1 Å². The molecule has 2 aliphatic heterocycles. The number of piperidine rings is 1. The van der Waals surface area contributed by atoms with Crippen molar-refractivity contribution >= 4 is 46.4 Å². The number of benzene rings is 2. The van der Waals surface area contributed by atoms with Gasteiger partial charge in [0.15, 0.2) is 0 Å². The Labute approximate surface area is 217 Å². The minimum Gasteiger partial charge on any atom is -0.493 e. The molecule has 1 aromatic heterocycles. The summed E-state index contributed by atoms with van der Waals surface area (Å²) in [6, 6.07) is 10.9. The van der Waals surface area contributed by atoms with Crippen molar-refractivity contribution in [1.29, 1.82) is 0 Å². The summed E-state index contributed by atoms with van der Waals surface area (Å²) in [7, 11) is 0. The molecule has 1 saturated heterocycles. The third kappa shape index (κ3) is 4.09. The standard InChI is InChI=1S/C26H23Cl2N3O3S/c1-13-30-23(24(35-13)14-5-6-19(27)20(28)10-14)26(33)31-12-15-9-18(15)21(31)11-29-25(32)17-3-2-4-22-16(17)7-8-34-22/h2-6,10,15,18,21H,7-9,11-12H2,1H3,(H,29,32)/t15-,18-,21+/m0/s1. The van der Waals surface area contributed by atoms with Crippen LogP contribution < -0.4 is 10.1 Å². The zero-order valence-corrected chi connectivity index (χ0v) is 21.3. The van der Waals surface area contributed by atoms with Crippen molar-refractivity contribution < 1.29 is 14.3 Å². The lowest BCUT2D eigenvalue weighted by Crippen LogP contribution is -2.45. The van der Waals surface area contributed by atoms with Gasteiger partial charge in [-0.15, -0.1) is 11.3 Å². The van der Waals surface area contributed by atoms with Crippen molar-refractivity contribution in [2.45, 2.75) is 25.8 Å². The summed E-state index contributed by atoms with van der Waals surface area (Å²) in [5, 5.41) is 4.81. The molecule has 2 aromatic carbocycles.